The average molecular weight is 197 g/mol. The number of hydrogen-bond acceptors (Lipinski definition) is 3. The first-order chi connectivity index (χ1) is 6.06. The molecular weight excluding hydrogens is 192 g/mol. The van der Waals surface area contributed by atoms with E-state index in [1.165, 1.54) is 12.1 Å². The molecule has 0 radical (unpaired) electrons. The van der Waals surface area contributed by atoms with Crippen molar-refractivity contribution in [2.45, 2.75) is 6.92 Å². The van der Waals surface area contributed by atoms with Gasteiger partial charge in [-0.25, -0.2) is 0 Å². The van der Waals surface area contributed by atoms with E-state index in [4.69, 9.17) is 16.9 Å². The van der Waals surface area contributed by atoms with Crippen molar-refractivity contribution in [3.05, 3.63) is 38.4 Å². The highest BCUT2D eigenvalue weighted by Gasteiger charge is 2.17. The van der Waals surface area contributed by atoms with Crippen LogP contribution in [0.2, 0.25) is 5.02 Å². The molecule has 1 rings (SSSR count). The van der Waals surface area contributed by atoms with Crippen LogP contribution in [0.5, 0.6) is 0 Å². The van der Waals surface area contributed by atoms with Crippen molar-refractivity contribution in [3.63, 3.8) is 0 Å². The summed E-state index contributed by atoms with van der Waals surface area (Å²) in [5, 5.41) is 19.2. The zero-order valence-corrected chi connectivity index (χ0v) is 7.50. The maximum Gasteiger partial charge on any atom is 0.288 e. The van der Waals surface area contributed by atoms with Gasteiger partial charge in [0.2, 0.25) is 0 Å². The lowest BCUT2D eigenvalue weighted by Crippen LogP contribution is -1.93. The second-order valence-electron chi connectivity index (χ2n) is 2.51. The number of nitro benzene ring substituents is 1. The van der Waals surface area contributed by atoms with Crippen molar-refractivity contribution < 1.29 is 4.92 Å². The fourth-order valence-electron chi connectivity index (χ4n) is 0.979. The SMILES string of the molecule is Cc1cc(Cl)c(C#N)c([N+](=O)[O-])c1. The van der Waals surface area contributed by atoms with Gasteiger partial charge in [-0.3, -0.25) is 10.1 Å². The van der Waals surface area contributed by atoms with Gasteiger partial charge in [-0.15, -0.1) is 0 Å². The van der Waals surface area contributed by atoms with Gasteiger partial charge >= 0.3 is 0 Å². The molecule has 0 spiro atoms. The van der Waals surface area contributed by atoms with Gasteiger partial charge in [0.25, 0.3) is 5.69 Å². The van der Waals surface area contributed by atoms with Crippen LogP contribution < -0.4 is 0 Å². The summed E-state index contributed by atoms with van der Waals surface area (Å²) in [4.78, 5) is 9.87. The second-order valence-corrected chi connectivity index (χ2v) is 2.92. The standard InChI is InChI=1S/C8H5ClN2O2/c1-5-2-7(9)6(4-10)8(3-5)11(12)13/h2-3H,1H3. The molecule has 0 unspecified atom stereocenters. The van der Waals surface area contributed by atoms with Gasteiger partial charge in [0.15, 0.2) is 0 Å². The first-order valence-electron chi connectivity index (χ1n) is 3.41. The first kappa shape index (κ1) is 9.49. The normalized spacial score (nSPS) is 9.31. The van der Waals surface area contributed by atoms with Gasteiger partial charge in [-0.1, -0.05) is 11.6 Å². The molecule has 0 fully saturated rings. The molecule has 0 saturated heterocycles. The fraction of sp³-hybridized carbons (Fsp3) is 0.125. The number of benzene rings is 1. The minimum Gasteiger partial charge on any atom is -0.258 e. The Kier molecular flexibility index (Phi) is 2.49. The van der Waals surface area contributed by atoms with Gasteiger partial charge < -0.3 is 0 Å². The summed E-state index contributed by atoms with van der Waals surface area (Å²) in [5.74, 6) is 0. The fourth-order valence-corrected chi connectivity index (χ4v) is 1.29. The van der Waals surface area contributed by atoms with Crippen LogP contribution in [0.4, 0.5) is 5.69 Å². The van der Waals surface area contributed by atoms with Crippen LogP contribution in [0, 0.1) is 28.4 Å². The largest absolute Gasteiger partial charge is 0.288 e. The Balaban J connectivity index is 3.50. The topological polar surface area (TPSA) is 66.9 Å². The number of nitriles is 1. The van der Waals surface area contributed by atoms with E-state index in [-0.39, 0.29) is 16.3 Å². The third-order valence-electron chi connectivity index (χ3n) is 1.52. The van der Waals surface area contributed by atoms with Crippen LogP contribution in [-0.4, -0.2) is 4.92 Å². The number of rotatable bonds is 1. The summed E-state index contributed by atoms with van der Waals surface area (Å²) in [7, 11) is 0. The lowest BCUT2D eigenvalue weighted by molar-refractivity contribution is -0.385. The van der Waals surface area contributed by atoms with Gasteiger partial charge in [-0.2, -0.15) is 5.26 Å². The van der Waals surface area contributed by atoms with Crippen molar-refractivity contribution in [2.75, 3.05) is 0 Å². The summed E-state index contributed by atoms with van der Waals surface area (Å²) >= 11 is 5.65. The van der Waals surface area contributed by atoms with Gasteiger partial charge in [0, 0.05) is 6.07 Å². The van der Waals surface area contributed by atoms with Gasteiger partial charge in [0.1, 0.15) is 11.6 Å². The van der Waals surface area contributed by atoms with Crippen LogP contribution in [0.15, 0.2) is 12.1 Å². The Hall–Kier alpha value is -1.60. The lowest BCUT2D eigenvalue weighted by atomic mass is 10.1. The van der Waals surface area contributed by atoms with E-state index in [2.05, 4.69) is 0 Å². The molecule has 0 aromatic heterocycles. The molecule has 0 atom stereocenters. The van der Waals surface area contributed by atoms with Crippen LogP contribution in [0.25, 0.3) is 0 Å². The van der Waals surface area contributed by atoms with E-state index in [9.17, 15) is 10.1 Å². The van der Waals surface area contributed by atoms with Crippen LogP contribution in [0.3, 0.4) is 0 Å². The van der Waals surface area contributed by atoms with Crippen LogP contribution in [-0.2, 0) is 0 Å². The third kappa shape index (κ3) is 1.76. The monoisotopic (exact) mass is 196 g/mol. The highest BCUT2D eigenvalue weighted by molar-refractivity contribution is 6.32. The van der Waals surface area contributed by atoms with Crippen LogP contribution >= 0.6 is 11.6 Å². The minimum absolute atomic E-state index is 0.0859. The molecule has 4 nitrogen and oxygen atoms in total. The summed E-state index contributed by atoms with van der Waals surface area (Å²) in [6.07, 6.45) is 0. The van der Waals surface area contributed by atoms with Gasteiger partial charge in [0.05, 0.1) is 9.95 Å². The smallest absolute Gasteiger partial charge is 0.258 e. The Bertz CT molecular complexity index is 409. The molecule has 0 N–H and O–H groups in total. The van der Waals surface area contributed by atoms with E-state index in [1.54, 1.807) is 13.0 Å². The quantitative estimate of drug-likeness (QED) is 0.512. The van der Waals surface area contributed by atoms with E-state index in [0.717, 1.165) is 0 Å². The predicted octanol–water partition coefficient (Wildman–Crippen LogP) is 2.43. The van der Waals surface area contributed by atoms with E-state index in [1.807, 2.05) is 0 Å². The Morgan fingerprint density at radius 1 is 1.62 bits per heavy atom. The molecule has 5 heteroatoms. The molecule has 13 heavy (non-hydrogen) atoms. The Labute approximate surface area is 79.5 Å². The average Bonchev–Trinajstić information content (AvgIpc) is 2.02. The summed E-state index contributed by atoms with van der Waals surface area (Å²) < 4.78 is 0. The number of halogens is 1. The first-order valence-corrected chi connectivity index (χ1v) is 3.78. The highest BCUT2D eigenvalue weighted by Crippen LogP contribution is 2.26. The number of hydrogen-bond donors (Lipinski definition) is 0. The molecule has 1 aromatic carbocycles. The maximum absolute atomic E-state index is 10.5. The highest BCUT2D eigenvalue weighted by atomic mass is 35.5. The van der Waals surface area contributed by atoms with E-state index >= 15 is 0 Å². The Morgan fingerprint density at radius 3 is 2.69 bits per heavy atom. The maximum atomic E-state index is 10.5. The zero-order valence-electron chi connectivity index (χ0n) is 6.74. The lowest BCUT2D eigenvalue weighted by Gasteiger charge is -1.98. The Morgan fingerprint density at radius 2 is 2.23 bits per heavy atom. The minimum atomic E-state index is -0.614. The zero-order chi connectivity index (χ0) is 10.0. The van der Waals surface area contributed by atoms with Crippen molar-refractivity contribution in [1.29, 1.82) is 5.26 Å². The molecule has 66 valence electrons. The third-order valence-corrected chi connectivity index (χ3v) is 1.82. The summed E-state index contributed by atoms with van der Waals surface area (Å²) in [6, 6.07) is 4.54. The molecular formula is C8H5ClN2O2. The van der Waals surface area contributed by atoms with E-state index < -0.39 is 4.92 Å². The molecule has 0 aliphatic heterocycles. The molecule has 0 saturated carbocycles. The van der Waals surface area contributed by atoms with Crippen molar-refractivity contribution in [1.82, 2.24) is 0 Å². The molecule has 0 aliphatic rings. The molecule has 1 aromatic rings. The molecule has 0 heterocycles. The summed E-state index contributed by atoms with van der Waals surface area (Å²) in [5.41, 5.74) is 0.334. The number of aryl methyl sites for hydroxylation is 1. The van der Waals surface area contributed by atoms with E-state index in [0.29, 0.717) is 5.56 Å². The summed E-state index contributed by atoms with van der Waals surface area (Å²) in [6.45, 7) is 1.68. The van der Waals surface area contributed by atoms with Crippen molar-refractivity contribution in [2.24, 2.45) is 0 Å². The second kappa shape index (κ2) is 3.42. The van der Waals surface area contributed by atoms with Crippen molar-refractivity contribution >= 4 is 17.3 Å². The molecule has 0 bridgehead atoms. The van der Waals surface area contributed by atoms with Crippen molar-refractivity contribution in [3.8, 4) is 6.07 Å². The number of nitro groups is 1. The van der Waals surface area contributed by atoms with Gasteiger partial charge in [-0.05, 0) is 18.6 Å². The van der Waals surface area contributed by atoms with Crippen LogP contribution in [0.1, 0.15) is 11.1 Å². The molecule has 0 aliphatic carbocycles. The predicted molar refractivity (Wildman–Crippen MR) is 47.6 cm³/mol. The molecule has 0 amide bonds. The number of nitrogens with zero attached hydrogens (tertiary/aromatic N) is 2.